The molecule has 132 valence electrons. The van der Waals surface area contributed by atoms with E-state index in [-0.39, 0.29) is 23.9 Å². The van der Waals surface area contributed by atoms with Crippen molar-refractivity contribution < 1.29 is 22.3 Å². The fourth-order valence-corrected chi connectivity index (χ4v) is 4.60. The molecular formula is C18H18FNO4S. The largest absolute Gasteiger partial charge is 0.481 e. The molecule has 0 saturated carbocycles. The van der Waals surface area contributed by atoms with Crippen LogP contribution in [-0.2, 0) is 14.6 Å². The number of amides is 1. The maximum Gasteiger partial charge on any atom is 0.265 e. The number of ether oxygens (including phenoxy) is 1. The number of hydrogen-bond donors (Lipinski definition) is 0. The first-order valence-corrected chi connectivity index (χ1v) is 9.73. The van der Waals surface area contributed by atoms with Crippen LogP contribution in [0.3, 0.4) is 0 Å². The number of carbonyl (C=O) groups excluding carboxylic acids is 1. The topological polar surface area (TPSA) is 63.7 Å². The lowest BCUT2D eigenvalue weighted by molar-refractivity contribution is -0.121. The Morgan fingerprint density at radius 1 is 1.12 bits per heavy atom. The number of sulfone groups is 1. The molecule has 1 amide bonds. The molecule has 1 heterocycles. The summed E-state index contributed by atoms with van der Waals surface area (Å²) in [5, 5.41) is 0. The van der Waals surface area contributed by atoms with E-state index in [1.165, 1.54) is 23.1 Å². The van der Waals surface area contributed by atoms with Crippen LogP contribution in [0.1, 0.15) is 6.42 Å². The first-order valence-electron chi connectivity index (χ1n) is 7.91. The van der Waals surface area contributed by atoms with Gasteiger partial charge in [-0.3, -0.25) is 4.79 Å². The summed E-state index contributed by atoms with van der Waals surface area (Å²) in [6.45, 7) is -0.369. The molecule has 0 unspecified atom stereocenters. The van der Waals surface area contributed by atoms with E-state index < -0.39 is 27.6 Å². The van der Waals surface area contributed by atoms with E-state index >= 15 is 0 Å². The minimum Gasteiger partial charge on any atom is -0.481 e. The predicted octanol–water partition coefficient (Wildman–Crippen LogP) is 2.42. The van der Waals surface area contributed by atoms with E-state index in [2.05, 4.69) is 0 Å². The summed E-state index contributed by atoms with van der Waals surface area (Å²) in [5.74, 6) is -0.986. The van der Waals surface area contributed by atoms with Crippen LogP contribution in [0.4, 0.5) is 10.1 Å². The Balaban J connectivity index is 1.79. The molecule has 1 aliphatic heterocycles. The summed E-state index contributed by atoms with van der Waals surface area (Å²) in [5.41, 5.74) is 0.603. The number of rotatable bonds is 5. The van der Waals surface area contributed by atoms with Gasteiger partial charge in [0.1, 0.15) is 0 Å². The van der Waals surface area contributed by atoms with Gasteiger partial charge in [-0.05, 0) is 30.7 Å². The molecule has 1 atom stereocenters. The van der Waals surface area contributed by atoms with Crippen LogP contribution < -0.4 is 9.64 Å². The molecular weight excluding hydrogens is 345 g/mol. The zero-order valence-corrected chi connectivity index (χ0v) is 14.3. The molecule has 1 aliphatic rings. The molecule has 2 aromatic rings. The van der Waals surface area contributed by atoms with E-state index in [1.54, 1.807) is 30.3 Å². The SMILES string of the molecule is O=C(COc1ccccc1F)N(c1ccccc1)[C@@H]1CCS(=O)(=O)C1. The van der Waals surface area contributed by atoms with Crippen LogP contribution >= 0.6 is 0 Å². The van der Waals surface area contributed by atoms with Gasteiger partial charge in [-0.1, -0.05) is 30.3 Å². The molecule has 0 radical (unpaired) electrons. The zero-order valence-electron chi connectivity index (χ0n) is 13.5. The summed E-state index contributed by atoms with van der Waals surface area (Å²) in [4.78, 5) is 14.2. The summed E-state index contributed by atoms with van der Waals surface area (Å²) in [6.07, 6.45) is 0.378. The maximum atomic E-state index is 13.6. The molecule has 0 aliphatic carbocycles. The van der Waals surface area contributed by atoms with Gasteiger partial charge in [-0.2, -0.15) is 0 Å². The van der Waals surface area contributed by atoms with Crippen molar-refractivity contribution in [1.82, 2.24) is 0 Å². The number of halogens is 1. The Bertz CT molecular complexity index is 854. The second-order valence-corrected chi connectivity index (χ2v) is 8.10. The van der Waals surface area contributed by atoms with E-state index in [1.807, 2.05) is 6.07 Å². The lowest BCUT2D eigenvalue weighted by Crippen LogP contribution is -2.43. The third kappa shape index (κ3) is 4.17. The molecule has 0 N–H and O–H groups in total. The van der Waals surface area contributed by atoms with Crippen molar-refractivity contribution in [3.63, 3.8) is 0 Å². The molecule has 0 bridgehead atoms. The number of anilines is 1. The van der Waals surface area contributed by atoms with Crippen molar-refractivity contribution in [2.75, 3.05) is 23.0 Å². The van der Waals surface area contributed by atoms with Gasteiger partial charge >= 0.3 is 0 Å². The van der Waals surface area contributed by atoms with Crippen molar-refractivity contribution >= 4 is 21.4 Å². The van der Waals surface area contributed by atoms with Crippen molar-refractivity contribution in [1.29, 1.82) is 0 Å². The molecule has 5 nitrogen and oxygen atoms in total. The van der Waals surface area contributed by atoms with Crippen LogP contribution in [0.15, 0.2) is 54.6 Å². The maximum absolute atomic E-state index is 13.6. The molecule has 1 fully saturated rings. The summed E-state index contributed by atoms with van der Waals surface area (Å²) in [7, 11) is -3.15. The molecule has 1 saturated heterocycles. The molecule has 3 rings (SSSR count). The van der Waals surface area contributed by atoms with Gasteiger partial charge in [-0.25, -0.2) is 12.8 Å². The fourth-order valence-electron chi connectivity index (χ4n) is 2.90. The quantitative estimate of drug-likeness (QED) is 0.818. The summed E-state index contributed by atoms with van der Waals surface area (Å²) < 4.78 is 42.5. The predicted molar refractivity (Wildman–Crippen MR) is 92.9 cm³/mol. The highest BCUT2D eigenvalue weighted by atomic mass is 32.2. The zero-order chi connectivity index (χ0) is 17.9. The highest BCUT2D eigenvalue weighted by molar-refractivity contribution is 7.91. The fraction of sp³-hybridized carbons (Fsp3) is 0.278. The average molecular weight is 363 g/mol. The van der Waals surface area contributed by atoms with Gasteiger partial charge in [0.05, 0.1) is 17.5 Å². The van der Waals surface area contributed by atoms with E-state index in [4.69, 9.17) is 4.74 Å². The molecule has 0 aromatic heterocycles. The van der Waals surface area contributed by atoms with Gasteiger partial charge < -0.3 is 9.64 Å². The summed E-state index contributed by atoms with van der Waals surface area (Å²) in [6, 6.07) is 14.2. The van der Waals surface area contributed by atoms with Crippen LogP contribution in [0.2, 0.25) is 0 Å². The first kappa shape index (κ1) is 17.4. The monoisotopic (exact) mass is 363 g/mol. The minimum atomic E-state index is -3.15. The highest BCUT2D eigenvalue weighted by Gasteiger charge is 2.35. The van der Waals surface area contributed by atoms with Crippen LogP contribution in [-0.4, -0.2) is 38.5 Å². The summed E-state index contributed by atoms with van der Waals surface area (Å²) >= 11 is 0. The van der Waals surface area contributed by atoms with Crippen LogP contribution in [0.5, 0.6) is 5.75 Å². The second kappa shape index (κ2) is 7.23. The third-order valence-electron chi connectivity index (χ3n) is 4.06. The Morgan fingerprint density at radius 3 is 2.44 bits per heavy atom. The van der Waals surface area contributed by atoms with Gasteiger partial charge in [0.25, 0.3) is 5.91 Å². The van der Waals surface area contributed by atoms with Crippen molar-refractivity contribution in [3.05, 3.63) is 60.4 Å². The number of benzene rings is 2. The smallest absolute Gasteiger partial charge is 0.265 e. The normalized spacial score (nSPS) is 18.7. The van der Waals surface area contributed by atoms with Crippen LogP contribution in [0.25, 0.3) is 0 Å². The van der Waals surface area contributed by atoms with Gasteiger partial charge in [0.2, 0.25) is 0 Å². The highest BCUT2D eigenvalue weighted by Crippen LogP contribution is 2.25. The third-order valence-corrected chi connectivity index (χ3v) is 5.81. The van der Waals surface area contributed by atoms with Crippen LogP contribution in [0, 0.1) is 5.82 Å². The van der Waals surface area contributed by atoms with E-state index in [9.17, 15) is 17.6 Å². The molecule has 25 heavy (non-hydrogen) atoms. The Morgan fingerprint density at radius 2 is 1.80 bits per heavy atom. The number of hydrogen-bond acceptors (Lipinski definition) is 4. The van der Waals surface area contributed by atoms with Crippen molar-refractivity contribution in [2.45, 2.75) is 12.5 Å². The first-order chi connectivity index (χ1) is 12.0. The lowest BCUT2D eigenvalue weighted by atomic mass is 10.2. The minimum absolute atomic E-state index is 0.0112. The van der Waals surface area contributed by atoms with Crippen molar-refractivity contribution in [3.8, 4) is 5.75 Å². The average Bonchev–Trinajstić information content (AvgIpc) is 2.95. The van der Waals surface area contributed by atoms with Gasteiger partial charge in [-0.15, -0.1) is 0 Å². The second-order valence-electron chi connectivity index (χ2n) is 5.88. The molecule has 0 spiro atoms. The van der Waals surface area contributed by atoms with E-state index in [0.29, 0.717) is 12.1 Å². The molecule has 2 aromatic carbocycles. The number of carbonyl (C=O) groups is 1. The standard InChI is InChI=1S/C18H18FNO4S/c19-16-8-4-5-9-17(16)24-12-18(21)20(14-6-2-1-3-7-14)15-10-11-25(22,23)13-15/h1-9,15H,10-13H2/t15-/m1/s1. The van der Waals surface area contributed by atoms with E-state index in [0.717, 1.165) is 0 Å². The van der Waals surface area contributed by atoms with Gasteiger partial charge in [0, 0.05) is 5.69 Å². The molecule has 7 heteroatoms. The number of nitrogens with zero attached hydrogens (tertiary/aromatic N) is 1. The van der Waals surface area contributed by atoms with Crippen molar-refractivity contribution in [2.24, 2.45) is 0 Å². The number of para-hydroxylation sites is 2. The lowest BCUT2D eigenvalue weighted by Gasteiger charge is -2.28. The Kier molecular flexibility index (Phi) is 5.03. The Hall–Kier alpha value is -2.41. The van der Waals surface area contributed by atoms with Gasteiger partial charge in [0.15, 0.2) is 28.0 Å². The Labute approximate surface area is 145 Å².